The Morgan fingerprint density at radius 1 is 1.47 bits per heavy atom. The number of hydrogen-bond acceptors (Lipinski definition) is 2. The van der Waals surface area contributed by atoms with Gasteiger partial charge in [0.05, 0.1) is 0 Å². The van der Waals surface area contributed by atoms with Crippen molar-refractivity contribution in [3.8, 4) is 5.75 Å². The first-order valence-corrected chi connectivity index (χ1v) is 4.56. The van der Waals surface area contributed by atoms with E-state index in [0.29, 0.717) is 24.1 Å². The molecule has 15 heavy (non-hydrogen) atoms. The van der Waals surface area contributed by atoms with Gasteiger partial charge in [-0.15, -0.1) is 0 Å². The van der Waals surface area contributed by atoms with E-state index in [1.807, 2.05) is 0 Å². The number of nitrogens with zero attached hydrogens (tertiary/aromatic N) is 1. The van der Waals surface area contributed by atoms with Gasteiger partial charge in [0.15, 0.2) is 0 Å². The number of carboxylic acid groups (broad SMARTS) is 1. The molecule has 1 aliphatic heterocycles. The molecule has 0 atom stereocenters. The number of rotatable bonds is 0. The topological polar surface area (TPSA) is 60.8 Å². The van der Waals surface area contributed by atoms with Gasteiger partial charge in [0.1, 0.15) is 11.6 Å². The lowest BCUT2D eigenvalue weighted by molar-refractivity contribution is 0.139. The van der Waals surface area contributed by atoms with Gasteiger partial charge in [-0.1, -0.05) is 0 Å². The van der Waals surface area contributed by atoms with Gasteiger partial charge in [0.25, 0.3) is 0 Å². The Morgan fingerprint density at radius 3 is 2.87 bits per heavy atom. The van der Waals surface area contributed by atoms with E-state index < -0.39 is 11.9 Å². The Hall–Kier alpha value is -1.78. The van der Waals surface area contributed by atoms with E-state index in [1.165, 1.54) is 11.0 Å². The van der Waals surface area contributed by atoms with E-state index in [9.17, 15) is 14.3 Å². The van der Waals surface area contributed by atoms with Crippen LogP contribution in [0.5, 0.6) is 5.75 Å². The van der Waals surface area contributed by atoms with Crippen LogP contribution in [0.3, 0.4) is 0 Å². The van der Waals surface area contributed by atoms with Crippen LogP contribution in [0.2, 0.25) is 0 Å². The van der Waals surface area contributed by atoms with Gasteiger partial charge in [0, 0.05) is 19.2 Å². The molecule has 0 radical (unpaired) electrons. The van der Waals surface area contributed by atoms with Gasteiger partial charge in [-0.2, -0.15) is 0 Å². The monoisotopic (exact) mass is 211 g/mol. The van der Waals surface area contributed by atoms with Crippen LogP contribution in [0, 0.1) is 5.82 Å². The fourth-order valence-corrected chi connectivity index (χ4v) is 1.79. The summed E-state index contributed by atoms with van der Waals surface area (Å²) in [6, 6.07) is 2.46. The van der Waals surface area contributed by atoms with Crippen molar-refractivity contribution in [2.75, 3.05) is 6.54 Å². The van der Waals surface area contributed by atoms with Gasteiger partial charge >= 0.3 is 6.09 Å². The zero-order valence-corrected chi connectivity index (χ0v) is 7.90. The number of carbonyl (C=O) groups is 1. The second kappa shape index (κ2) is 3.42. The fourth-order valence-electron chi connectivity index (χ4n) is 1.79. The van der Waals surface area contributed by atoms with Gasteiger partial charge in [-0.3, -0.25) is 0 Å². The maximum Gasteiger partial charge on any atom is 0.407 e. The quantitative estimate of drug-likeness (QED) is 0.684. The lowest BCUT2D eigenvalue weighted by Gasteiger charge is -2.26. The number of hydrogen-bond donors (Lipinski definition) is 2. The molecule has 0 saturated heterocycles. The molecule has 1 heterocycles. The molecule has 0 unspecified atom stereocenters. The standard InChI is InChI=1S/C10H10FNO3/c11-9-4-7(13)3-6-5-12(10(14)15)2-1-8(6)9/h3-4,13H,1-2,5H2,(H,14,15). The van der Waals surface area contributed by atoms with Crippen molar-refractivity contribution < 1.29 is 19.4 Å². The summed E-state index contributed by atoms with van der Waals surface area (Å²) in [7, 11) is 0. The Kier molecular flexibility index (Phi) is 2.22. The van der Waals surface area contributed by atoms with E-state index in [4.69, 9.17) is 5.11 Å². The second-order valence-electron chi connectivity index (χ2n) is 3.52. The summed E-state index contributed by atoms with van der Waals surface area (Å²) in [4.78, 5) is 11.9. The molecular weight excluding hydrogens is 201 g/mol. The summed E-state index contributed by atoms with van der Waals surface area (Å²) in [5, 5.41) is 18.0. The molecule has 2 N–H and O–H groups in total. The van der Waals surface area contributed by atoms with Crippen LogP contribution in [0.1, 0.15) is 11.1 Å². The lowest BCUT2D eigenvalue weighted by atomic mass is 9.99. The number of fused-ring (bicyclic) bond motifs is 1. The highest BCUT2D eigenvalue weighted by atomic mass is 19.1. The molecule has 0 aromatic heterocycles. The smallest absolute Gasteiger partial charge is 0.407 e. The Morgan fingerprint density at radius 2 is 2.20 bits per heavy atom. The number of aromatic hydroxyl groups is 1. The summed E-state index contributed by atoms with van der Waals surface area (Å²) in [5.74, 6) is -0.631. The third-order valence-electron chi connectivity index (χ3n) is 2.54. The highest BCUT2D eigenvalue weighted by Crippen LogP contribution is 2.26. The maximum absolute atomic E-state index is 13.3. The minimum Gasteiger partial charge on any atom is -0.508 e. The van der Waals surface area contributed by atoms with E-state index >= 15 is 0 Å². The van der Waals surface area contributed by atoms with Gasteiger partial charge < -0.3 is 15.1 Å². The second-order valence-corrected chi connectivity index (χ2v) is 3.52. The van der Waals surface area contributed by atoms with Crippen LogP contribution in [0.15, 0.2) is 12.1 Å². The number of phenolic OH excluding ortho intramolecular Hbond substituents is 1. The number of halogens is 1. The van der Waals surface area contributed by atoms with Crippen molar-refractivity contribution >= 4 is 6.09 Å². The van der Waals surface area contributed by atoms with Crippen molar-refractivity contribution in [1.82, 2.24) is 4.90 Å². The van der Waals surface area contributed by atoms with Crippen LogP contribution in [0.4, 0.5) is 9.18 Å². The number of amides is 1. The zero-order chi connectivity index (χ0) is 11.0. The van der Waals surface area contributed by atoms with Crippen molar-refractivity contribution in [3.63, 3.8) is 0 Å². The summed E-state index contributed by atoms with van der Waals surface area (Å²) < 4.78 is 13.3. The molecule has 0 spiro atoms. The number of benzene rings is 1. The summed E-state index contributed by atoms with van der Waals surface area (Å²) in [5.41, 5.74) is 1.05. The highest BCUT2D eigenvalue weighted by Gasteiger charge is 2.22. The molecular formula is C10H10FNO3. The Bertz CT molecular complexity index is 419. The van der Waals surface area contributed by atoms with E-state index in [2.05, 4.69) is 0 Å². The van der Waals surface area contributed by atoms with Gasteiger partial charge in [0.2, 0.25) is 0 Å². The molecule has 0 fully saturated rings. The number of phenols is 1. The van der Waals surface area contributed by atoms with Crippen molar-refractivity contribution in [3.05, 3.63) is 29.1 Å². The normalized spacial score (nSPS) is 14.9. The van der Waals surface area contributed by atoms with Gasteiger partial charge in [-0.25, -0.2) is 9.18 Å². The van der Waals surface area contributed by atoms with E-state index in [-0.39, 0.29) is 12.3 Å². The molecule has 0 saturated carbocycles. The Labute approximate surface area is 85.6 Å². The molecule has 2 rings (SSSR count). The average molecular weight is 211 g/mol. The average Bonchev–Trinajstić information content (AvgIpc) is 2.16. The minimum absolute atomic E-state index is 0.135. The van der Waals surface area contributed by atoms with E-state index in [1.54, 1.807) is 0 Å². The van der Waals surface area contributed by atoms with E-state index in [0.717, 1.165) is 6.07 Å². The van der Waals surface area contributed by atoms with Crippen molar-refractivity contribution in [1.29, 1.82) is 0 Å². The highest BCUT2D eigenvalue weighted by molar-refractivity contribution is 5.65. The van der Waals surface area contributed by atoms with Crippen LogP contribution < -0.4 is 0 Å². The molecule has 0 bridgehead atoms. The van der Waals surface area contributed by atoms with Crippen LogP contribution in [-0.2, 0) is 13.0 Å². The van der Waals surface area contributed by atoms with Crippen molar-refractivity contribution in [2.24, 2.45) is 0 Å². The lowest BCUT2D eigenvalue weighted by Crippen LogP contribution is -2.35. The molecule has 4 nitrogen and oxygen atoms in total. The summed E-state index contributed by atoms with van der Waals surface area (Å²) in [6.07, 6.45) is -0.669. The first-order valence-electron chi connectivity index (χ1n) is 4.56. The molecule has 1 aliphatic rings. The SMILES string of the molecule is O=C(O)N1CCc2c(F)cc(O)cc2C1. The first-order chi connectivity index (χ1) is 7.08. The minimum atomic E-state index is -1.02. The first kappa shape index (κ1) is 9.76. The predicted molar refractivity (Wildman–Crippen MR) is 50.2 cm³/mol. The third-order valence-corrected chi connectivity index (χ3v) is 2.54. The molecule has 1 aromatic rings. The molecule has 80 valence electrons. The Balaban J connectivity index is 2.37. The predicted octanol–water partition coefficient (Wildman–Crippen LogP) is 1.57. The molecule has 0 aliphatic carbocycles. The zero-order valence-electron chi connectivity index (χ0n) is 7.90. The largest absolute Gasteiger partial charge is 0.508 e. The van der Waals surface area contributed by atoms with Crippen LogP contribution in [0.25, 0.3) is 0 Å². The van der Waals surface area contributed by atoms with Crippen LogP contribution in [-0.4, -0.2) is 27.8 Å². The third kappa shape index (κ3) is 1.72. The fraction of sp³-hybridized carbons (Fsp3) is 0.300. The van der Waals surface area contributed by atoms with Crippen LogP contribution >= 0.6 is 0 Å². The summed E-state index contributed by atoms with van der Waals surface area (Å²) >= 11 is 0. The molecule has 1 aromatic carbocycles. The molecule has 1 amide bonds. The van der Waals surface area contributed by atoms with Gasteiger partial charge in [-0.05, 0) is 23.6 Å². The summed E-state index contributed by atoms with van der Waals surface area (Å²) in [6.45, 7) is 0.431. The molecule has 5 heteroatoms. The van der Waals surface area contributed by atoms with Crippen molar-refractivity contribution in [2.45, 2.75) is 13.0 Å². The maximum atomic E-state index is 13.3.